The number of halogens is 3. The Kier molecular flexibility index (Phi) is 6.33. The summed E-state index contributed by atoms with van der Waals surface area (Å²) in [5, 5.41) is 3.99. The molecule has 2 aliphatic rings. The van der Waals surface area contributed by atoms with E-state index in [1.165, 1.54) is 37.8 Å². The van der Waals surface area contributed by atoms with E-state index in [-0.39, 0.29) is 18.2 Å². The van der Waals surface area contributed by atoms with Crippen LogP contribution in [0.1, 0.15) is 25.7 Å². The third-order valence-electron chi connectivity index (χ3n) is 4.67. The van der Waals surface area contributed by atoms with E-state index in [9.17, 15) is 4.39 Å². The summed E-state index contributed by atoms with van der Waals surface area (Å²) in [5.74, 6) is 0.214. The van der Waals surface area contributed by atoms with E-state index in [0.717, 1.165) is 6.54 Å². The van der Waals surface area contributed by atoms with Gasteiger partial charge in [-0.15, -0.1) is 12.4 Å². The number of benzene rings is 1. The number of ether oxygens (including phenoxy) is 1. The van der Waals surface area contributed by atoms with Gasteiger partial charge in [0.05, 0.1) is 5.02 Å². The fourth-order valence-corrected chi connectivity index (χ4v) is 3.68. The number of rotatable bonds is 5. The zero-order valence-corrected chi connectivity index (χ0v) is 14.3. The average molecular weight is 349 g/mol. The van der Waals surface area contributed by atoms with E-state index in [1.54, 1.807) is 6.07 Å². The molecule has 0 saturated carbocycles. The van der Waals surface area contributed by atoms with Crippen molar-refractivity contribution in [1.29, 1.82) is 0 Å². The maximum atomic E-state index is 13.0. The lowest BCUT2D eigenvalue weighted by Crippen LogP contribution is -2.47. The molecule has 2 aliphatic heterocycles. The highest BCUT2D eigenvalue weighted by Crippen LogP contribution is 2.29. The molecule has 0 amide bonds. The second kappa shape index (κ2) is 7.82. The molecule has 2 saturated heterocycles. The second-order valence-electron chi connectivity index (χ2n) is 6.17. The molecule has 6 heteroatoms. The zero-order chi connectivity index (χ0) is 14.8. The van der Waals surface area contributed by atoms with Crippen molar-refractivity contribution in [3.63, 3.8) is 0 Å². The fourth-order valence-electron chi connectivity index (χ4n) is 3.46. The topological polar surface area (TPSA) is 24.5 Å². The first-order valence-electron chi connectivity index (χ1n) is 7.66. The van der Waals surface area contributed by atoms with Crippen molar-refractivity contribution in [3.8, 4) is 5.75 Å². The summed E-state index contributed by atoms with van der Waals surface area (Å²) < 4.78 is 18.6. The third kappa shape index (κ3) is 4.25. The van der Waals surface area contributed by atoms with Crippen LogP contribution in [0.15, 0.2) is 18.2 Å². The van der Waals surface area contributed by atoms with Crippen molar-refractivity contribution in [2.45, 2.75) is 43.8 Å². The van der Waals surface area contributed by atoms with E-state index in [1.807, 2.05) is 0 Å². The molecule has 2 fully saturated rings. The molecule has 0 aliphatic carbocycles. The van der Waals surface area contributed by atoms with Crippen molar-refractivity contribution in [3.05, 3.63) is 29.0 Å². The van der Waals surface area contributed by atoms with Crippen LogP contribution < -0.4 is 10.1 Å². The van der Waals surface area contributed by atoms with Crippen molar-refractivity contribution in [2.24, 2.45) is 0 Å². The molecule has 2 bridgehead atoms. The summed E-state index contributed by atoms with van der Waals surface area (Å²) in [6.45, 7) is 1.43. The standard InChI is InChI=1S/C16H22ClFN2O.ClH/c1-20(14-9-12-3-4-13(10-14)19-12)6-7-21-16-5-2-11(18)8-15(16)17;/h2,5,8,12-14,19H,3-4,6-7,9-10H2,1H3;1H. The molecule has 2 atom stereocenters. The van der Waals surface area contributed by atoms with Gasteiger partial charge in [0.1, 0.15) is 18.2 Å². The Morgan fingerprint density at radius 3 is 2.64 bits per heavy atom. The molecule has 2 heterocycles. The zero-order valence-electron chi connectivity index (χ0n) is 12.7. The highest BCUT2D eigenvalue weighted by Gasteiger charge is 2.34. The van der Waals surface area contributed by atoms with Crippen molar-refractivity contribution >= 4 is 24.0 Å². The highest BCUT2D eigenvalue weighted by molar-refractivity contribution is 6.32. The molecule has 1 aromatic rings. The van der Waals surface area contributed by atoms with Gasteiger partial charge in [-0.2, -0.15) is 0 Å². The lowest BCUT2D eigenvalue weighted by atomic mass is 9.99. The van der Waals surface area contributed by atoms with Gasteiger partial charge in [0.15, 0.2) is 0 Å². The van der Waals surface area contributed by atoms with Crippen molar-refractivity contribution < 1.29 is 9.13 Å². The maximum absolute atomic E-state index is 13.0. The molecule has 0 aromatic heterocycles. The van der Waals surface area contributed by atoms with E-state index in [4.69, 9.17) is 16.3 Å². The Hall–Kier alpha value is -0.550. The number of piperidine rings is 1. The quantitative estimate of drug-likeness (QED) is 0.881. The van der Waals surface area contributed by atoms with Gasteiger partial charge < -0.3 is 10.1 Å². The van der Waals surface area contributed by atoms with Crippen LogP contribution in [0, 0.1) is 5.82 Å². The first-order chi connectivity index (χ1) is 10.1. The normalized spacial score (nSPS) is 26.8. The lowest BCUT2D eigenvalue weighted by Gasteiger charge is -2.35. The summed E-state index contributed by atoms with van der Waals surface area (Å²) in [7, 11) is 2.16. The molecule has 0 spiro atoms. The number of fused-ring (bicyclic) bond motifs is 2. The monoisotopic (exact) mass is 348 g/mol. The molecule has 22 heavy (non-hydrogen) atoms. The second-order valence-corrected chi connectivity index (χ2v) is 6.57. The predicted octanol–water partition coefficient (Wildman–Crippen LogP) is 3.49. The SMILES string of the molecule is CN(CCOc1ccc(F)cc1Cl)C1CC2CCC(C1)N2.Cl. The average Bonchev–Trinajstić information content (AvgIpc) is 2.79. The first kappa shape index (κ1) is 17.8. The molecule has 2 unspecified atom stereocenters. The number of likely N-dealkylation sites (N-methyl/N-ethyl adjacent to an activating group) is 1. The Morgan fingerprint density at radius 2 is 2.00 bits per heavy atom. The summed E-state index contributed by atoms with van der Waals surface area (Å²) in [5.41, 5.74) is 0. The minimum atomic E-state index is -0.338. The van der Waals surface area contributed by atoms with Gasteiger partial charge in [-0.05, 0) is 50.9 Å². The van der Waals surface area contributed by atoms with Crippen LogP contribution in [0.3, 0.4) is 0 Å². The van der Waals surface area contributed by atoms with Gasteiger partial charge in [-0.25, -0.2) is 4.39 Å². The van der Waals surface area contributed by atoms with E-state index in [2.05, 4.69) is 17.3 Å². The Balaban J connectivity index is 0.00000176. The smallest absolute Gasteiger partial charge is 0.138 e. The van der Waals surface area contributed by atoms with Gasteiger partial charge in [0, 0.05) is 24.7 Å². The first-order valence-corrected chi connectivity index (χ1v) is 8.04. The molecule has 1 N–H and O–H groups in total. The Morgan fingerprint density at radius 1 is 1.32 bits per heavy atom. The highest BCUT2D eigenvalue weighted by atomic mass is 35.5. The molecular formula is C16H23Cl2FN2O. The number of hydrogen-bond acceptors (Lipinski definition) is 3. The maximum Gasteiger partial charge on any atom is 0.138 e. The number of nitrogens with zero attached hydrogens (tertiary/aromatic N) is 1. The van der Waals surface area contributed by atoms with Crippen LogP contribution in [0.5, 0.6) is 5.75 Å². The summed E-state index contributed by atoms with van der Waals surface area (Å²) in [6.07, 6.45) is 5.09. The van der Waals surface area contributed by atoms with Crippen LogP contribution in [-0.4, -0.2) is 43.2 Å². The van der Waals surface area contributed by atoms with Crippen LogP contribution >= 0.6 is 24.0 Å². The van der Waals surface area contributed by atoms with Gasteiger partial charge in [0.25, 0.3) is 0 Å². The van der Waals surface area contributed by atoms with Gasteiger partial charge in [-0.1, -0.05) is 11.6 Å². The molecule has 3 nitrogen and oxygen atoms in total. The predicted molar refractivity (Wildman–Crippen MR) is 89.8 cm³/mol. The fraction of sp³-hybridized carbons (Fsp3) is 0.625. The summed E-state index contributed by atoms with van der Waals surface area (Å²) >= 11 is 5.95. The minimum absolute atomic E-state index is 0. The molecular weight excluding hydrogens is 326 g/mol. The van der Waals surface area contributed by atoms with Crippen LogP contribution in [-0.2, 0) is 0 Å². The molecule has 124 valence electrons. The summed E-state index contributed by atoms with van der Waals surface area (Å²) in [6, 6.07) is 6.27. The molecule has 3 rings (SSSR count). The summed E-state index contributed by atoms with van der Waals surface area (Å²) in [4.78, 5) is 2.38. The number of hydrogen-bond donors (Lipinski definition) is 1. The van der Waals surface area contributed by atoms with Gasteiger partial charge >= 0.3 is 0 Å². The van der Waals surface area contributed by atoms with Crippen LogP contribution in [0.2, 0.25) is 5.02 Å². The van der Waals surface area contributed by atoms with E-state index >= 15 is 0 Å². The Labute approximate surface area is 142 Å². The van der Waals surface area contributed by atoms with Crippen molar-refractivity contribution in [1.82, 2.24) is 10.2 Å². The largest absolute Gasteiger partial charge is 0.491 e. The van der Waals surface area contributed by atoms with Crippen molar-refractivity contribution in [2.75, 3.05) is 20.2 Å². The molecule has 1 aromatic carbocycles. The van der Waals surface area contributed by atoms with Crippen LogP contribution in [0.25, 0.3) is 0 Å². The Bertz CT molecular complexity index is 491. The number of nitrogens with one attached hydrogen (secondary N) is 1. The van der Waals surface area contributed by atoms with Gasteiger partial charge in [-0.3, -0.25) is 4.90 Å². The molecule has 0 radical (unpaired) electrons. The lowest BCUT2D eigenvalue weighted by molar-refractivity contribution is 0.147. The third-order valence-corrected chi connectivity index (χ3v) is 4.96. The van der Waals surface area contributed by atoms with Gasteiger partial charge in [0.2, 0.25) is 0 Å². The minimum Gasteiger partial charge on any atom is -0.491 e. The van der Waals surface area contributed by atoms with E-state index in [0.29, 0.717) is 35.5 Å². The van der Waals surface area contributed by atoms with Crippen LogP contribution in [0.4, 0.5) is 4.39 Å². The van der Waals surface area contributed by atoms with E-state index < -0.39 is 0 Å².